The van der Waals surface area contributed by atoms with Crippen LogP contribution in [0.15, 0.2) is 42.5 Å². The normalized spacial score (nSPS) is 11.3. The van der Waals surface area contributed by atoms with Crippen molar-refractivity contribution in [2.45, 2.75) is 19.5 Å². The van der Waals surface area contributed by atoms with E-state index in [1.807, 2.05) is 0 Å². The Morgan fingerprint density at radius 2 is 1.82 bits per heavy atom. The lowest BCUT2D eigenvalue weighted by Gasteiger charge is -2.08. The van der Waals surface area contributed by atoms with Gasteiger partial charge in [-0.2, -0.15) is 13.2 Å². The highest BCUT2D eigenvalue weighted by Crippen LogP contribution is 2.29. The molecule has 0 radical (unpaired) electrons. The predicted molar refractivity (Wildman–Crippen MR) is 76.5 cm³/mol. The van der Waals surface area contributed by atoms with Gasteiger partial charge in [-0.25, -0.2) is 4.98 Å². The van der Waals surface area contributed by atoms with E-state index in [0.29, 0.717) is 18.7 Å². The average Bonchev–Trinajstić information content (AvgIpc) is 2.47. The molecule has 2 aromatic rings. The topological polar surface area (TPSA) is 42.0 Å². The van der Waals surface area contributed by atoms with Crippen molar-refractivity contribution < 1.29 is 18.0 Å². The van der Waals surface area contributed by atoms with Gasteiger partial charge in [-0.15, -0.1) is 0 Å². The van der Waals surface area contributed by atoms with Gasteiger partial charge in [0.15, 0.2) is 0 Å². The molecule has 2 rings (SSSR count). The maximum Gasteiger partial charge on any atom is 0.416 e. The number of aromatic nitrogens is 1. The standard InChI is InChI=1S/C16H15F3N2O/c1-11-3-2-4-14(21-11)15(22)20-10-9-12-5-7-13(8-6-12)16(17,18)19/h2-8H,9-10H2,1H3,(H,20,22). The first-order valence-electron chi connectivity index (χ1n) is 6.74. The highest BCUT2D eigenvalue weighted by molar-refractivity contribution is 5.92. The summed E-state index contributed by atoms with van der Waals surface area (Å²) in [4.78, 5) is 16.0. The molecule has 3 nitrogen and oxygen atoms in total. The number of benzene rings is 1. The molecule has 0 fully saturated rings. The minimum absolute atomic E-state index is 0.296. The van der Waals surface area contributed by atoms with E-state index in [0.717, 1.165) is 23.4 Å². The summed E-state index contributed by atoms with van der Waals surface area (Å²) in [6.45, 7) is 2.12. The van der Waals surface area contributed by atoms with Crippen LogP contribution in [0.2, 0.25) is 0 Å². The van der Waals surface area contributed by atoms with Gasteiger partial charge in [0.25, 0.3) is 5.91 Å². The first-order chi connectivity index (χ1) is 10.4. The number of alkyl halides is 3. The molecule has 1 amide bonds. The van der Waals surface area contributed by atoms with Crippen LogP contribution in [0, 0.1) is 6.92 Å². The van der Waals surface area contributed by atoms with Gasteiger partial charge in [-0.1, -0.05) is 18.2 Å². The Hall–Kier alpha value is -2.37. The van der Waals surface area contributed by atoms with Crippen LogP contribution in [-0.4, -0.2) is 17.4 Å². The molecule has 1 N–H and O–H groups in total. The average molecular weight is 308 g/mol. The number of carbonyl (C=O) groups excluding carboxylic acids is 1. The lowest BCUT2D eigenvalue weighted by molar-refractivity contribution is -0.137. The van der Waals surface area contributed by atoms with Gasteiger partial charge in [0.1, 0.15) is 5.69 Å². The van der Waals surface area contributed by atoms with Crippen LogP contribution in [-0.2, 0) is 12.6 Å². The van der Waals surface area contributed by atoms with E-state index in [1.54, 1.807) is 25.1 Å². The Morgan fingerprint density at radius 3 is 2.41 bits per heavy atom. The number of halogens is 3. The van der Waals surface area contributed by atoms with E-state index in [-0.39, 0.29) is 5.91 Å². The zero-order valence-corrected chi connectivity index (χ0v) is 11.9. The van der Waals surface area contributed by atoms with Gasteiger partial charge < -0.3 is 5.32 Å². The van der Waals surface area contributed by atoms with Gasteiger partial charge in [-0.3, -0.25) is 4.79 Å². The number of amides is 1. The third-order valence-electron chi connectivity index (χ3n) is 3.10. The molecule has 0 aliphatic rings. The summed E-state index contributed by atoms with van der Waals surface area (Å²) in [5.74, 6) is -0.296. The summed E-state index contributed by atoms with van der Waals surface area (Å²) in [7, 11) is 0. The van der Waals surface area contributed by atoms with Gasteiger partial charge >= 0.3 is 6.18 Å². The summed E-state index contributed by atoms with van der Waals surface area (Å²) < 4.78 is 37.3. The van der Waals surface area contributed by atoms with E-state index >= 15 is 0 Å². The fourth-order valence-corrected chi connectivity index (χ4v) is 1.94. The minimum Gasteiger partial charge on any atom is -0.350 e. The summed E-state index contributed by atoms with van der Waals surface area (Å²) in [5.41, 5.74) is 1.12. The third kappa shape index (κ3) is 4.31. The molecular formula is C16H15F3N2O. The highest BCUT2D eigenvalue weighted by Gasteiger charge is 2.29. The quantitative estimate of drug-likeness (QED) is 0.941. The summed E-state index contributed by atoms with van der Waals surface area (Å²) in [6, 6.07) is 10.1. The number of aryl methyl sites for hydroxylation is 1. The summed E-state index contributed by atoms with van der Waals surface area (Å²) in [6.07, 6.45) is -3.88. The second-order valence-corrected chi connectivity index (χ2v) is 4.86. The minimum atomic E-state index is -4.33. The van der Waals surface area contributed by atoms with Gasteiger partial charge in [0, 0.05) is 12.2 Å². The highest BCUT2D eigenvalue weighted by atomic mass is 19.4. The molecule has 0 unspecified atom stereocenters. The third-order valence-corrected chi connectivity index (χ3v) is 3.10. The molecule has 1 aromatic carbocycles. The first-order valence-corrected chi connectivity index (χ1v) is 6.74. The van der Waals surface area contributed by atoms with Crippen LogP contribution >= 0.6 is 0 Å². The molecule has 1 aromatic heterocycles. The van der Waals surface area contributed by atoms with Gasteiger partial charge in [0.2, 0.25) is 0 Å². The van der Waals surface area contributed by atoms with Crippen molar-refractivity contribution in [2.24, 2.45) is 0 Å². The molecule has 0 saturated carbocycles. The second kappa shape index (κ2) is 6.60. The molecule has 0 aliphatic heterocycles. The van der Waals surface area contributed by atoms with Crippen LogP contribution in [0.5, 0.6) is 0 Å². The summed E-state index contributed by atoms with van der Waals surface area (Å²) >= 11 is 0. The predicted octanol–water partition coefficient (Wildman–Crippen LogP) is 3.38. The van der Waals surface area contributed by atoms with Crippen LogP contribution in [0.3, 0.4) is 0 Å². The van der Waals surface area contributed by atoms with Gasteiger partial charge in [0.05, 0.1) is 5.56 Å². The van der Waals surface area contributed by atoms with E-state index in [1.165, 1.54) is 12.1 Å². The van der Waals surface area contributed by atoms with Crippen molar-refractivity contribution in [3.05, 3.63) is 65.0 Å². The number of pyridine rings is 1. The SMILES string of the molecule is Cc1cccc(C(=O)NCCc2ccc(C(F)(F)F)cc2)n1. The van der Waals surface area contributed by atoms with E-state index < -0.39 is 11.7 Å². The molecule has 0 bridgehead atoms. The number of carbonyl (C=O) groups is 1. The fraction of sp³-hybridized carbons (Fsp3) is 0.250. The van der Waals surface area contributed by atoms with Crippen molar-refractivity contribution in [1.82, 2.24) is 10.3 Å². The zero-order valence-electron chi connectivity index (χ0n) is 11.9. The van der Waals surface area contributed by atoms with Crippen LogP contribution < -0.4 is 5.32 Å². The van der Waals surface area contributed by atoms with E-state index in [2.05, 4.69) is 10.3 Å². The van der Waals surface area contributed by atoms with Crippen molar-refractivity contribution in [1.29, 1.82) is 0 Å². The van der Waals surface area contributed by atoms with Crippen molar-refractivity contribution >= 4 is 5.91 Å². The maximum absolute atomic E-state index is 12.4. The van der Waals surface area contributed by atoms with Gasteiger partial charge in [-0.05, 0) is 43.2 Å². The Balaban J connectivity index is 1.87. The summed E-state index contributed by atoms with van der Waals surface area (Å²) in [5, 5.41) is 2.70. The van der Waals surface area contributed by atoms with Crippen LogP contribution in [0.25, 0.3) is 0 Å². The Labute approximate surface area is 126 Å². The number of hydrogen-bond donors (Lipinski definition) is 1. The lowest BCUT2D eigenvalue weighted by Crippen LogP contribution is -2.26. The molecule has 0 atom stereocenters. The fourth-order valence-electron chi connectivity index (χ4n) is 1.94. The van der Waals surface area contributed by atoms with E-state index in [9.17, 15) is 18.0 Å². The molecular weight excluding hydrogens is 293 g/mol. The van der Waals surface area contributed by atoms with E-state index in [4.69, 9.17) is 0 Å². The smallest absolute Gasteiger partial charge is 0.350 e. The zero-order chi connectivity index (χ0) is 16.2. The van der Waals surface area contributed by atoms with Crippen molar-refractivity contribution in [3.8, 4) is 0 Å². The number of nitrogens with zero attached hydrogens (tertiary/aromatic N) is 1. The largest absolute Gasteiger partial charge is 0.416 e. The lowest BCUT2D eigenvalue weighted by atomic mass is 10.1. The monoisotopic (exact) mass is 308 g/mol. The molecule has 0 aliphatic carbocycles. The molecule has 22 heavy (non-hydrogen) atoms. The Bertz CT molecular complexity index is 651. The van der Waals surface area contributed by atoms with Crippen LogP contribution in [0.1, 0.15) is 27.3 Å². The number of rotatable bonds is 4. The Kier molecular flexibility index (Phi) is 4.80. The maximum atomic E-state index is 12.4. The van der Waals surface area contributed by atoms with Crippen molar-refractivity contribution in [3.63, 3.8) is 0 Å². The molecule has 0 saturated heterocycles. The van der Waals surface area contributed by atoms with Crippen molar-refractivity contribution in [2.75, 3.05) is 6.54 Å². The number of hydrogen-bond acceptors (Lipinski definition) is 2. The molecule has 1 heterocycles. The van der Waals surface area contributed by atoms with Crippen LogP contribution in [0.4, 0.5) is 13.2 Å². The Morgan fingerprint density at radius 1 is 1.14 bits per heavy atom. The molecule has 6 heteroatoms. The first kappa shape index (κ1) is 16.0. The molecule has 116 valence electrons. The number of nitrogens with one attached hydrogen (secondary N) is 1. The second-order valence-electron chi connectivity index (χ2n) is 4.86. The molecule has 0 spiro atoms.